The molecule has 0 aromatic heterocycles. The molecular formula is C32H35NO11. The second kappa shape index (κ2) is 11.0. The molecule has 234 valence electrons. The van der Waals surface area contributed by atoms with E-state index in [0.717, 1.165) is 12.1 Å². The van der Waals surface area contributed by atoms with Crippen molar-refractivity contribution in [3.8, 4) is 17.2 Å². The van der Waals surface area contributed by atoms with Crippen LogP contribution in [0.15, 0.2) is 30.0 Å². The molecule has 6 atom stereocenters. The highest BCUT2D eigenvalue weighted by Crippen LogP contribution is 2.52. The molecule has 2 aliphatic heterocycles. The summed E-state index contributed by atoms with van der Waals surface area (Å²) in [6, 6.07) is 4.04. The van der Waals surface area contributed by atoms with Gasteiger partial charge in [-0.25, -0.2) is 0 Å². The second-order valence-electron chi connectivity index (χ2n) is 11.9. The van der Waals surface area contributed by atoms with Gasteiger partial charge in [0.2, 0.25) is 5.78 Å². The maximum Gasteiger partial charge on any atom is 0.202 e. The summed E-state index contributed by atoms with van der Waals surface area (Å²) in [6.45, 7) is 3.33. The minimum absolute atomic E-state index is 0.0396. The molecule has 1 fully saturated rings. The Morgan fingerprint density at radius 3 is 2.52 bits per heavy atom. The number of carbonyl (C=O) groups is 3. The molecule has 12 heteroatoms. The Kier molecular flexibility index (Phi) is 7.53. The Balaban J connectivity index is 1.46. The van der Waals surface area contributed by atoms with Crippen LogP contribution in [0.1, 0.15) is 82.2 Å². The average molecular weight is 610 g/mol. The van der Waals surface area contributed by atoms with E-state index >= 15 is 0 Å². The van der Waals surface area contributed by atoms with Crippen LogP contribution in [0.2, 0.25) is 0 Å². The van der Waals surface area contributed by atoms with E-state index in [9.17, 15) is 39.9 Å². The van der Waals surface area contributed by atoms with Crippen LogP contribution < -0.4 is 4.74 Å². The predicted octanol–water partition coefficient (Wildman–Crippen LogP) is 1.65. The Morgan fingerprint density at radius 1 is 1.14 bits per heavy atom. The number of phenolic OH excluding ortho intramolecular Hbond substituents is 2. The number of rotatable bonds is 6. The maximum atomic E-state index is 13.8. The maximum absolute atomic E-state index is 13.8. The first-order valence-corrected chi connectivity index (χ1v) is 14.6. The lowest BCUT2D eigenvalue weighted by Gasteiger charge is -2.45. The van der Waals surface area contributed by atoms with E-state index < -0.39 is 89.6 Å². The molecule has 0 radical (unpaired) electrons. The molecular weight excluding hydrogens is 574 g/mol. The van der Waals surface area contributed by atoms with E-state index in [-0.39, 0.29) is 40.5 Å². The summed E-state index contributed by atoms with van der Waals surface area (Å²) in [7, 11) is 1.34. The van der Waals surface area contributed by atoms with Crippen LogP contribution in [0.25, 0.3) is 0 Å². The van der Waals surface area contributed by atoms with Crippen LogP contribution in [0, 0.1) is 0 Å². The molecule has 0 saturated carbocycles. The lowest BCUT2D eigenvalue weighted by atomic mass is 9.72. The summed E-state index contributed by atoms with van der Waals surface area (Å²) < 4.78 is 17.6. The number of aromatic hydroxyl groups is 2. The fourth-order valence-corrected chi connectivity index (χ4v) is 7.14. The number of phenols is 2. The number of methoxy groups -OCH3 is 1. The van der Waals surface area contributed by atoms with Crippen LogP contribution >= 0.6 is 0 Å². The molecule has 2 aromatic rings. The molecule has 2 aliphatic carbocycles. The third kappa shape index (κ3) is 4.51. The molecule has 2 heterocycles. The fraction of sp³-hybridized carbons (Fsp3) is 0.469. The smallest absolute Gasteiger partial charge is 0.202 e. The number of ketones is 3. The van der Waals surface area contributed by atoms with Gasteiger partial charge in [-0.05, 0) is 26.3 Å². The number of fused-ring (bicyclic) bond motifs is 3. The lowest BCUT2D eigenvalue weighted by molar-refractivity contribution is -0.256. The summed E-state index contributed by atoms with van der Waals surface area (Å²) in [6.07, 6.45) is -1.74. The van der Waals surface area contributed by atoms with Crippen molar-refractivity contribution in [3.63, 3.8) is 0 Å². The average Bonchev–Trinajstić information content (AvgIpc) is 3.43. The van der Waals surface area contributed by atoms with E-state index in [1.54, 1.807) is 6.92 Å². The van der Waals surface area contributed by atoms with Crippen molar-refractivity contribution in [2.45, 2.75) is 75.8 Å². The zero-order chi connectivity index (χ0) is 31.7. The quantitative estimate of drug-likeness (QED) is 0.255. The minimum atomic E-state index is -2.24. The zero-order valence-corrected chi connectivity index (χ0v) is 24.6. The van der Waals surface area contributed by atoms with Crippen LogP contribution in [-0.2, 0) is 20.7 Å². The van der Waals surface area contributed by atoms with Gasteiger partial charge in [-0.3, -0.25) is 14.4 Å². The van der Waals surface area contributed by atoms with Gasteiger partial charge in [-0.1, -0.05) is 18.2 Å². The molecule has 6 rings (SSSR count). The van der Waals surface area contributed by atoms with Crippen molar-refractivity contribution in [2.24, 2.45) is 0 Å². The number of aliphatic hydroxyl groups is 3. The highest BCUT2D eigenvalue weighted by Gasteiger charge is 2.50. The van der Waals surface area contributed by atoms with Crippen molar-refractivity contribution < 1.29 is 54.1 Å². The van der Waals surface area contributed by atoms with E-state index in [2.05, 4.69) is 11.0 Å². The molecule has 0 spiro atoms. The van der Waals surface area contributed by atoms with E-state index in [0.29, 0.717) is 6.54 Å². The highest BCUT2D eigenvalue weighted by atomic mass is 16.7. The van der Waals surface area contributed by atoms with Crippen molar-refractivity contribution >= 4 is 17.3 Å². The number of carbonyl (C=O) groups excluding carboxylic acids is 3. The minimum Gasteiger partial charge on any atom is -0.507 e. The zero-order valence-electron chi connectivity index (χ0n) is 24.6. The SMILES string of the molecule is COc1cccc2c1C(=O)c1c(O)c3c(c(O)c1C2=O)C[C@@](O)(C(=O)CO)C[C@@H]3O[C@H]1C[C@H](N2CCC=C2C)[C@H](O)[C@H](C)O1. The number of hydrogen-bond donors (Lipinski definition) is 5. The number of benzene rings is 2. The van der Waals surface area contributed by atoms with Crippen molar-refractivity contribution in [2.75, 3.05) is 20.3 Å². The van der Waals surface area contributed by atoms with Gasteiger partial charge < -0.3 is 44.6 Å². The molecule has 12 nitrogen and oxygen atoms in total. The van der Waals surface area contributed by atoms with Crippen LogP contribution in [0.4, 0.5) is 0 Å². The van der Waals surface area contributed by atoms with Gasteiger partial charge in [0.15, 0.2) is 17.9 Å². The van der Waals surface area contributed by atoms with Crippen molar-refractivity contribution in [3.05, 3.63) is 63.4 Å². The van der Waals surface area contributed by atoms with Crippen molar-refractivity contribution in [1.82, 2.24) is 4.90 Å². The van der Waals surface area contributed by atoms with Crippen LogP contribution in [0.5, 0.6) is 17.2 Å². The van der Waals surface area contributed by atoms with Gasteiger partial charge in [0.1, 0.15) is 35.6 Å². The van der Waals surface area contributed by atoms with Gasteiger partial charge in [0, 0.05) is 48.2 Å². The standard InChI is InChI=1S/C32H35NO11/c1-14-6-5-9-33(14)18-10-22(43-15(2)27(18)36)44-20-12-32(41,21(35)13-34)11-17-24(20)31(40)26-25(29(17)38)28(37)16-7-4-8-19(42-3)23(16)30(26)39/h4,6-8,15,18,20,22,27,34,36,38,40-41H,5,9-13H2,1-3H3/t15-,18-,20-,22-,27+,32-/m0/s1. The first-order valence-electron chi connectivity index (χ1n) is 14.6. The summed E-state index contributed by atoms with van der Waals surface area (Å²) in [4.78, 5) is 42.4. The first-order chi connectivity index (χ1) is 20.9. The number of nitrogens with zero attached hydrogens (tertiary/aromatic N) is 1. The third-order valence-corrected chi connectivity index (χ3v) is 9.39. The third-order valence-electron chi connectivity index (χ3n) is 9.39. The monoisotopic (exact) mass is 609 g/mol. The fourth-order valence-electron chi connectivity index (χ4n) is 7.14. The van der Waals surface area contributed by atoms with E-state index in [1.165, 1.54) is 25.3 Å². The highest BCUT2D eigenvalue weighted by molar-refractivity contribution is 6.31. The summed E-state index contributed by atoms with van der Waals surface area (Å²) >= 11 is 0. The second-order valence-corrected chi connectivity index (χ2v) is 11.9. The summed E-state index contributed by atoms with van der Waals surface area (Å²) in [5.41, 5.74) is -2.49. The number of ether oxygens (including phenoxy) is 3. The molecule has 5 N–H and O–H groups in total. The number of aliphatic hydroxyl groups excluding tert-OH is 2. The predicted molar refractivity (Wildman–Crippen MR) is 153 cm³/mol. The number of allylic oxidation sites excluding steroid dienone is 1. The molecule has 1 saturated heterocycles. The molecule has 0 bridgehead atoms. The van der Waals surface area contributed by atoms with Gasteiger partial charge in [-0.15, -0.1) is 0 Å². The van der Waals surface area contributed by atoms with Gasteiger partial charge in [-0.2, -0.15) is 0 Å². The Morgan fingerprint density at radius 2 is 1.86 bits per heavy atom. The summed E-state index contributed by atoms with van der Waals surface area (Å²) in [5.74, 6) is -3.66. The lowest BCUT2D eigenvalue weighted by Crippen LogP contribution is -2.55. The van der Waals surface area contributed by atoms with E-state index in [4.69, 9.17) is 14.2 Å². The Bertz CT molecular complexity index is 1600. The molecule has 0 unspecified atom stereocenters. The molecule has 4 aliphatic rings. The van der Waals surface area contributed by atoms with Crippen LogP contribution in [-0.4, -0.2) is 98.2 Å². The summed E-state index contributed by atoms with van der Waals surface area (Å²) in [5, 5.41) is 55.3. The molecule has 0 amide bonds. The van der Waals surface area contributed by atoms with Gasteiger partial charge >= 0.3 is 0 Å². The molecule has 44 heavy (non-hydrogen) atoms. The number of hydrogen-bond acceptors (Lipinski definition) is 12. The van der Waals surface area contributed by atoms with Gasteiger partial charge in [0.25, 0.3) is 0 Å². The normalized spacial score (nSPS) is 29.5. The van der Waals surface area contributed by atoms with Crippen LogP contribution in [0.3, 0.4) is 0 Å². The number of Topliss-reactive ketones (excluding diaryl/α,β-unsaturated/α-hetero) is 1. The Hall–Kier alpha value is -3.81. The first kappa shape index (κ1) is 30.2. The van der Waals surface area contributed by atoms with Gasteiger partial charge in [0.05, 0.1) is 42.0 Å². The van der Waals surface area contributed by atoms with E-state index in [1.807, 2.05) is 6.92 Å². The Labute approximate surface area is 253 Å². The largest absolute Gasteiger partial charge is 0.507 e. The van der Waals surface area contributed by atoms with Crippen molar-refractivity contribution in [1.29, 1.82) is 0 Å². The molecule has 2 aromatic carbocycles. The topological polar surface area (TPSA) is 183 Å².